The number of rotatable bonds is 2. The Labute approximate surface area is 85.7 Å². The Balaban J connectivity index is 2.35. The number of nitrogens with one attached hydrogen (secondary N) is 1. The lowest BCUT2D eigenvalue weighted by Crippen LogP contribution is -2.20. The smallest absolute Gasteiger partial charge is 0.407 e. The summed E-state index contributed by atoms with van der Waals surface area (Å²) in [5, 5.41) is 11.5. The minimum Gasteiger partial charge on any atom is -0.478 e. The molecule has 0 aromatic heterocycles. The molecular formula is C10H9NO4. The van der Waals surface area contributed by atoms with Crippen LogP contribution in [-0.2, 0) is 4.74 Å². The van der Waals surface area contributed by atoms with E-state index in [1.807, 2.05) is 0 Å². The van der Waals surface area contributed by atoms with Crippen LogP contribution in [0.5, 0.6) is 0 Å². The molecule has 1 heterocycles. The summed E-state index contributed by atoms with van der Waals surface area (Å²) < 4.78 is 4.71. The number of aromatic carboxylic acids is 1. The summed E-state index contributed by atoms with van der Waals surface area (Å²) >= 11 is 0. The van der Waals surface area contributed by atoms with Gasteiger partial charge in [-0.05, 0) is 11.6 Å². The van der Waals surface area contributed by atoms with Crippen molar-refractivity contribution in [2.45, 2.75) is 6.04 Å². The average Bonchev–Trinajstić information content (AvgIpc) is 2.65. The largest absolute Gasteiger partial charge is 0.478 e. The van der Waals surface area contributed by atoms with Gasteiger partial charge in [0, 0.05) is 0 Å². The molecule has 0 spiro atoms. The molecule has 1 fully saturated rings. The van der Waals surface area contributed by atoms with Crippen molar-refractivity contribution >= 4 is 12.1 Å². The van der Waals surface area contributed by atoms with Gasteiger partial charge in [0.15, 0.2) is 0 Å². The van der Waals surface area contributed by atoms with Gasteiger partial charge in [-0.3, -0.25) is 0 Å². The third kappa shape index (κ3) is 1.76. The maximum absolute atomic E-state index is 10.9. The number of carbonyl (C=O) groups is 2. The van der Waals surface area contributed by atoms with E-state index in [2.05, 4.69) is 5.32 Å². The molecular weight excluding hydrogens is 198 g/mol. The molecule has 78 valence electrons. The van der Waals surface area contributed by atoms with Gasteiger partial charge in [-0.15, -0.1) is 0 Å². The number of amides is 1. The minimum atomic E-state index is -1.01. The van der Waals surface area contributed by atoms with E-state index in [0.717, 1.165) is 0 Å². The van der Waals surface area contributed by atoms with Crippen LogP contribution in [0, 0.1) is 0 Å². The van der Waals surface area contributed by atoms with E-state index >= 15 is 0 Å². The summed E-state index contributed by atoms with van der Waals surface area (Å²) in [6, 6.07) is 6.17. The Kier molecular flexibility index (Phi) is 2.29. The van der Waals surface area contributed by atoms with E-state index in [9.17, 15) is 9.59 Å². The number of carboxylic acid groups (broad SMARTS) is 1. The maximum Gasteiger partial charge on any atom is 0.407 e. The van der Waals surface area contributed by atoms with Crippen LogP contribution in [0.2, 0.25) is 0 Å². The van der Waals surface area contributed by atoms with E-state index < -0.39 is 12.1 Å². The summed E-state index contributed by atoms with van der Waals surface area (Å²) in [6.45, 7) is 0.170. The van der Waals surface area contributed by atoms with Gasteiger partial charge in [-0.25, -0.2) is 9.59 Å². The van der Waals surface area contributed by atoms with Crippen LogP contribution < -0.4 is 5.32 Å². The van der Waals surface area contributed by atoms with E-state index in [1.54, 1.807) is 18.2 Å². The van der Waals surface area contributed by atoms with Crippen LogP contribution in [0.3, 0.4) is 0 Å². The van der Waals surface area contributed by atoms with E-state index in [4.69, 9.17) is 9.84 Å². The van der Waals surface area contributed by atoms with Crippen molar-refractivity contribution in [2.24, 2.45) is 0 Å². The lowest BCUT2D eigenvalue weighted by molar-refractivity contribution is 0.0695. The molecule has 1 aliphatic rings. The number of ether oxygens (including phenoxy) is 1. The summed E-state index contributed by atoms with van der Waals surface area (Å²) in [5.74, 6) is -1.01. The quantitative estimate of drug-likeness (QED) is 0.763. The van der Waals surface area contributed by atoms with Crippen molar-refractivity contribution < 1.29 is 19.4 Å². The van der Waals surface area contributed by atoms with Crippen molar-refractivity contribution in [3.63, 3.8) is 0 Å². The fourth-order valence-corrected chi connectivity index (χ4v) is 1.55. The van der Waals surface area contributed by atoms with Gasteiger partial charge in [-0.2, -0.15) is 0 Å². The molecule has 0 radical (unpaired) electrons. The normalized spacial score (nSPS) is 19.5. The third-order valence-corrected chi connectivity index (χ3v) is 2.24. The lowest BCUT2D eigenvalue weighted by Gasteiger charge is -2.10. The first-order chi connectivity index (χ1) is 7.18. The van der Waals surface area contributed by atoms with Crippen LogP contribution in [0.4, 0.5) is 4.79 Å². The highest BCUT2D eigenvalue weighted by molar-refractivity contribution is 5.89. The average molecular weight is 207 g/mol. The van der Waals surface area contributed by atoms with Crippen molar-refractivity contribution in [3.8, 4) is 0 Å². The third-order valence-electron chi connectivity index (χ3n) is 2.24. The fraction of sp³-hybridized carbons (Fsp3) is 0.200. The molecule has 0 aliphatic carbocycles. The van der Waals surface area contributed by atoms with Crippen molar-refractivity contribution in [1.82, 2.24) is 5.32 Å². The number of benzene rings is 1. The molecule has 1 aliphatic heterocycles. The predicted octanol–water partition coefficient (Wildman–Crippen LogP) is 1.17. The zero-order valence-electron chi connectivity index (χ0n) is 7.77. The predicted molar refractivity (Wildman–Crippen MR) is 50.6 cm³/mol. The first-order valence-corrected chi connectivity index (χ1v) is 4.44. The van der Waals surface area contributed by atoms with E-state index in [-0.39, 0.29) is 18.2 Å². The second kappa shape index (κ2) is 3.61. The topological polar surface area (TPSA) is 75.6 Å². The van der Waals surface area contributed by atoms with Gasteiger partial charge in [0.05, 0.1) is 11.6 Å². The molecule has 1 saturated heterocycles. The van der Waals surface area contributed by atoms with E-state index in [1.165, 1.54) is 6.07 Å². The molecule has 2 rings (SSSR count). The number of carboxylic acids is 1. The van der Waals surface area contributed by atoms with Crippen LogP contribution in [0.25, 0.3) is 0 Å². The molecule has 5 nitrogen and oxygen atoms in total. The Morgan fingerprint density at radius 2 is 2.20 bits per heavy atom. The molecule has 2 N–H and O–H groups in total. The van der Waals surface area contributed by atoms with E-state index in [0.29, 0.717) is 5.56 Å². The summed E-state index contributed by atoms with van der Waals surface area (Å²) in [4.78, 5) is 21.7. The summed E-state index contributed by atoms with van der Waals surface area (Å²) in [5.41, 5.74) is 0.754. The monoisotopic (exact) mass is 207 g/mol. The number of hydrogen-bond acceptors (Lipinski definition) is 3. The molecule has 5 heteroatoms. The lowest BCUT2D eigenvalue weighted by atomic mass is 10.0. The molecule has 1 atom stereocenters. The number of carbonyl (C=O) groups excluding carboxylic acids is 1. The van der Waals surface area contributed by atoms with Gasteiger partial charge in [0.2, 0.25) is 0 Å². The van der Waals surface area contributed by atoms with Crippen LogP contribution >= 0.6 is 0 Å². The van der Waals surface area contributed by atoms with Gasteiger partial charge in [0.1, 0.15) is 6.61 Å². The van der Waals surface area contributed by atoms with Crippen molar-refractivity contribution in [2.75, 3.05) is 6.61 Å². The van der Waals surface area contributed by atoms with Crippen LogP contribution in [-0.4, -0.2) is 23.8 Å². The Morgan fingerprint density at radius 3 is 2.80 bits per heavy atom. The molecule has 1 aromatic rings. The fourth-order valence-electron chi connectivity index (χ4n) is 1.55. The molecule has 0 unspecified atom stereocenters. The second-order valence-electron chi connectivity index (χ2n) is 3.19. The first-order valence-electron chi connectivity index (χ1n) is 4.44. The number of hydrogen-bond donors (Lipinski definition) is 2. The van der Waals surface area contributed by atoms with Crippen molar-refractivity contribution in [1.29, 1.82) is 0 Å². The SMILES string of the molecule is O=C1N[C@@H](c2ccccc2C(=O)O)CO1. The highest BCUT2D eigenvalue weighted by Crippen LogP contribution is 2.21. The molecule has 15 heavy (non-hydrogen) atoms. The van der Waals surface area contributed by atoms with Gasteiger partial charge >= 0.3 is 12.1 Å². The van der Waals surface area contributed by atoms with Crippen LogP contribution in [0.1, 0.15) is 22.0 Å². The van der Waals surface area contributed by atoms with Gasteiger partial charge in [-0.1, -0.05) is 18.2 Å². The number of alkyl carbamates (subject to hydrolysis) is 1. The molecule has 0 bridgehead atoms. The van der Waals surface area contributed by atoms with Crippen molar-refractivity contribution in [3.05, 3.63) is 35.4 Å². The highest BCUT2D eigenvalue weighted by atomic mass is 16.6. The first kappa shape index (κ1) is 9.51. The molecule has 1 amide bonds. The van der Waals surface area contributed by atoms with Gasteiger partial charge in [0.25, 0.3) is 0 Å². The summed E-state index contributed by atoms with van der Waals surface area (Å²) in [7, 11) is 0. The highest BCUT2D eigenvalue weighted by Gasteiger charge is 2.26. The Hall–Kier alpha value is -2.04. The Morgan fingerprint density at radius 1 is 1.47 bits per heavy atom. The minimum absolute atomic E-state index is 0.170. The molecule has 0 saturated carbocycles. The van der Waals surface area contributed by atoms with Crippen LogP contribution in [0.15, 0.2) is 24.3 Å². The maximum atomic E-state index is 10.9. The second-order valence-corrected chi connectivity index (χ2v) is 3.19. The van der Waals surface area contributed by atoms with Gasteiger partial charge < -0.3 is 15.2 Å². The number of cyclic esters (lactones) is 1. The molecule has 1 aromatic carbocycles. The standard InChI is InChI=1S/C10H9NO4/c12-9(13)7-4-2-1-3-6(7)8-5-15-10(14)11-8/h1-4,8H,5H2,(H,11,14)(H,12,13)/t8-/m1/s1. The summed E-state index contributed by atoms with van der Waals surface area (Å²) in [6.07, 6.45) is -0.514. The zero-order chi connectivity index (χ0) is 10.8. The Bertz CT molecular complexity index is 416. The zero-order valence-corrected chi connectivity index (χ0v) is 7.77.